The predicted octanol–water partition coefficient (Wildman–Crippen LogP) is 7.21. The zero-order valence-corrected chi connectivity index (χ0v) is 19.9. The molecule has 1 aliphatic heterocycles. The van der Waals surface area contributed by atoms with Crippen LogP contribution in [0.1, 0.15) is 73.4 Å². The summed E-state index contributed by atoms with van der Waals surface area (Å²) in [6.45, 7) is 23.0. The Morgan fingerprint density at radius 3 is 1.93 bits per heavy atom. The number of anilines is 1. The van der Waals surface area contributed by atoms with E-state index in [1.54, 1.807) is 0 Å². The van der Waals surface area contributed by atoms with Crippen LogP contribution in [0, 0.1) is 10.8 Å². The van der Waals surface area contributed by atoms with E-state index in [-0.39, 0.29) is 21.8 Å². The number of benzene rings is 2. The van der Waals surface area contributed by atoms with Gasteiger partial charge in [0.05, 0.1) is 0 Å². The van der Waals surface area contributed by atoms with Crippen LogP contribution in [-0.4, -0.2) is 12.1 Å². The molecule has 2 aromatic rings. The molecule has 0 atom stereocenters. The van der Waals surface area contributed by atoms with Crippen molar-refractivity contribution in [3.63, 3.8) is 0 Å². The fraction of sp³-hybridized carbons (Fsp3) is 0.556. The standard InChI is InChI=1S/C27H39NO/c1-24(2,3)27(25(4,5)6)19-28(26(7,8)9)23-17-21(15-16-22(23)27)29-18-20-13-11-10-12-14-20/h10-17H,18-19H2,1-9H3. The van der Waals surface area contributed by atoms with E-state index < -0.39 is 0 Å². The molecular formula is C27H39NO. The van der Waals surface area contributed by atoms with Gasteiger partial charge in [0.1, 0.15) is 12.4 Å². The lowest BCUT2D eigenvalue weighted by atomic mass is 9.52. The molecule has 3 rings (SSSR count). The lowest BCUT2D eigenvalue weighted by Gasteiger charge is -2.52. The van der Waals surface area contributed by atoms with Crippen molar-refractivity contribution in [3.8, 4) is 5.75 Å². The summed E-state index contributed by atoms with van der Waals surface area (Å²) in [5.41, 5.74) is 4.34. The first kappa shape index (κ1) is 21.7. The Hall–Kier alpha value is -1.96. The van der Waals surface area contributed by atoms with Crippen LogP contribution in [0.3, 0.4) is 0 Å². The molecule has 0 radical (unpaired) electrons. The lowest BCUT2D eigenvalue weighted by molar-refractivity contribution is 0.0635. The number of rotatable bonds is 3. The smallest absolute Gasteiger partial charge is 0.121 e. The van der Waals surface area contributed by atoms with Crippen molar-refractivity contribution in [3.05, 3.63) is 59.7 Å². The van der Waals surface area contributed by atoms with E-state index in [4.69, 9.17) is 4.74 Å². The Bertz CT molecular complexity index is 833. The Kier molecular flexibility index (Phi) is 5.30. The Morgan fingerprint density at radius 2 is 1.41 bits per heavy atom. The zero-order valence-electron chi connectivity index (χ0n) is 19.9. The van der Waals surface area contributed by atoms with Gasteiger partial charge >= 0.3 is 0 Å². The number of hydrogen-bond acceptors (Lipinski definition) is 2. The molecule has 158 valence electrons. The Labute approximate surface area is 178 Å². The molecule has 0 saturated carbocycles. The van der Waals surface area contributed by atoms with Crippen LogP contribution in [0.25, 0.3) is 0 Å². The van der Waals surface area contributed by atoms with Gasteiger partial charge in [-0.25, -0.2) is 0 Å². The van der Waals surface area contributed by atoms with Crippen molar-refractivity contribution >= 4 is 5.69 Å². The first-order chi connectivity index (χ1) is 13.3. The van der Waals surface area contributed by atoms with Gasteiger partial charge in [-0.3, -0.25) is 0 Å². The highest BCUT2D eigenvalue weighted by Crippen LogP contribution is 2.60. The number of nitrogens with zero attached hydrogens (tertiary/aromatic N) is 1. The molecule has 2 aromatic carbocycles. The van der Waals surface area contributed by atoms with Crippen LogP contribution in [0.2, 0.25) is 0 Å². The quantitative estimate of drug-likeness (QED) is 0.546. The van der Waals surface area contributed by atoms with Crippen LogP contribution in [0.5, 0.6) is 5.75 Å². The highest BCUT2D eigenvalue weighted by atomic mass is 16.5. The molecule has 0 aliphatic carbocycles. The van der Waals surface area contributed by atoms with Gasteiger partial charge in [-0.05, 0) is 48.8 Å². The van der Waals surface area contributed by atoms with Crippen LogP contribution in [0.15, 0.2) is 48.5 Å². The summed E-state index contributed by atoms with van der Waals surface area (Å²) in [5.74, 6) is 0.945. The second-order valence-corrected chi connectivity index (χ2v) is 11.6. The maximum Gasteiger partial charge on any atom is 0.121 e. The topological polar surface area (TPSA) is 12.5 Å². The normalized spacial score (nSPS) is 16.7. The molecule has 0 fully saturated rings. The minimum absolute atomic E-state index is 0.0467. The fourth-order valence-electron chi connectivity index (χ4n) is 5.34. The molecule has 0 saturated heterocycles. The van der Waals surface area contributed by atoms with Crippen molar-refractivity contribution < 1.29 is 4.74 Å². The Balaban J connectivity index is 2.07. The van der Waals surface area contributed by atoms with E-state index in [9.17, 15) is 0 Å². The first-order valence-electron chi connectivity index (χ1n) is 10.9. The monoisotopic (exact) mass is 393 g/mol. The minimum Gasteiger partial charge on any atom is -0.489 e. The highest BCUT2D eigenvalue weighted by molar-refractivity contribution is 5.68. The second-order valence-electron chi connectivity index (χ2n) is 11.6. The van der Waals surface area contributed by atoms with Gasteiger partial charge in [-0.2, -0.15) is 0 Å². The number of hydrogen-bond donors (Lipinski definition) is 0. The highest BCUT2D eigenvalue weighted by Gasteiger charge is 2.58. The van der Waals surface area contributed by atoms with Crippen molar-refractivity contribution in [1.82, 2.24) is 0 Å². The molecule has 0 aromatic heterocycles. The van der Waals surface area contributed by atoms with Crippen molar-refractivity contribution in [2.75, 3.05) is 11.4 Å². The summed E-state index contributed by atoms with van der Waals surface area (Å²) in [7, 11) is 0. The molecule has 2 nitrogen and oxygen atoms in total. The van der Waals surface area contributed by atoms with Crippen LogP contribution in [0.4, 0.5) is 5.69 Å². The molecular weight excluding hydrogens is 354 g/mol. The van der Waals surface area contributed by atoms with E-state index in [1.165, 1.54) is 16.8 Å². The van der Waals surface area contributed by atoms with Gasteiger partial charge in [-0.1, -0.05) is 77.9 Å². The van der Waals surface area contributed by atoms with Crippen LogP contribution in [-0.2, 0) is 12.0 Å². The molecule has 0 bridgehead atoms. The first-order valence-corrected chi connectivity index (χ1v) is 10.9. The van der Waals surface area contributed by atoms with Gasteiger partial charge < -0.3 is 9.64 Å². The van der Waals surface area contributed by atoms with Crippen molar-refractivity contribution in [2.45, 2.75) is 79.9 Å². The number of ether oxygens (including phenoxy) is 1. The van der Waals surface area contributed by atoms with E-state index >= 15 is 0 Å². The van der Waals surface area contributed by atoms with Gasteiger partial charge in [0.25, 0.3) is 0 Å². The Morgan fingerprint density at radius 1 is 0.828 bits per heavy atom. The molecule has 0 spiro atoms. The molecule has 29 heavy (non-hydrogen) atoms. The molecule has 1 aliphatic rings. The summed E-state index contributed by atoms with van der Waals surface area (Å²) in [5, 5.41) is 0. The van der Waals surface area contributed by atoms with Gasteiger partial charge in [0, 0.05) is 29.3 Å². The predicted molar refractivity (Wildman–Crippen MR) is 125 cm³/mol. The number of fused-ring (bicyclic) bond motifs is 1. The average molecular weight is 394 g/mol. The van der Waals surface area contributed by atoms with E-state index in [2.05, 4.69) is 110 Å². The maximum atomic E-state index is 6.19. The van der Waals surface area contributed by atoms with E-state index in [0.29, 0.717) is 6.61 Å². The fourth-order valence-corrected chi connectivity index (χ4v) is 5.34. The average Bonchev–Trinajstić information content (AvgIpc) is 2.96. The van der Waals surface area contributed by atoms with Gasteiger partial charge in [-0.15, -0.1) is 0 Å². The molecule has 0 N–H and O–H groups in total. The third-order valence-electron chi connectivity index (χ3n) is 6.73. The largest absolute Gasteiger partial charge is 0.489 e. The summed E-state index contributed by atoms with van der Waals surface area (Å²) < 4.78 is 6.19. The molecule has 1 heterocycles. The third-order valence-corrected chi connectivity index (χ3v) is 6.73. The van der Waals surface area contributed by atoms with E-state index in [0.717, 1.165) is 12.3 Å². The molecule has 0 amide bonds. The zero-order chi connectivity index (χ0) is 21.7. The molecule has 0 unspecified atom stereocenters. The van der Waals surface area contributed by atoms with Gasteiger partial charge in [0.2, 0.25) is 0 Å². The lowest BCUT2D eigenvalue weighted by Crippen LogP contribution is -2.55. The SMILES string of the molecule is CC(C)(C)N1CC(C(C)(C)C)(C(C)(C)C)c2ccc(OCc3ccccc3)cc21. The summed E-state index contributed by atoms with van der Waals surface area (Å²) in [4.78, 5) is 2.59. The summed E-state index contributed by atoms with van der Waals surface area (Å²) >= 11 is 0. The summed E-state index contributed by atoms with van der Waals surface area (Å²) in [6.07, 6.45) is 0. The second kappa shape index (κ2) is 7.07. The van der Waals surface area contributed by atoms with E-state index in [1.807, 2.05) is 6.07 Å². The third kappa shape index (κ3) is 3.79. The van der Waals surface area contributed by atoms with Crippen molar-refractivity contribution in [1.29, 1.82) is 0 Å². The van der Waals surface area contributed by atoms with Crippen LogP contribution < -0.4 is 9.64 Å². The van der Waals surface area contributed by atoms with Crippen molar-refractivity contribution in [2.24, 2.45) is 10.8 Å². The maximum absolute atomic E-state index is 6.19. The van der Waals surface area contributed by atoms with Gasteiger partial charge in [0.15, 0.2) is 0 Å². The summed E-state index contributed by atoms with van der Waals surface area (Å²) in [6, 6.07) is 17.1. The minimum atomic E-state index is 0.0467. The van der Waals surface area contributed by atoms with Crippen LogP contribution >= 0.6 is 0 Å². The molecule has 2 heteroatoms.